The molecule has 0 heterocycles. The summed E-state index contributed by atoms with van der Waals surface area (Å²) in [6.07, 6.45) is 5.97. The summed E-state index contributed by atoms with van der Waals surface area (Å²) < 4.78 is 0. The Morgan fingerprint density at radius 1 is 1.24 bits per heavy atom. The molecule has 0 saturated heterocycles. The van der Waals surface area contributed by atoms with Gasteiger partial charge in [0, 0.05) is 0 Å². The molecule has 1 unspecified atom stereocenters. The average molecular weight is 293 g/mol. The number of aliphatic hydroxyl groups excluding tert-OH is 1. The van der Waals surface area contributed by atoms with E-state index in [1.54, 1.807) is 0 Å². The third-order valence-corrected chi connectivity index (χ3v) is 4.19. The van der Waals surface area contributed by atoms with E-state index < -0.39 is 11.7 Å². The highest BCUT2D eigenvalue weighted by molar-refractivity contribution is 5.25. The minimum absolute atomic E-state index is 0.453. The molecule has 0 aromatic heterocycles. The maximum absolute atomic E-state index is 10.3. The summed E-state index contributed by atoms with van der Waals surface area (Å²) in [7, 11) is 0. The van der Waals surface area contributed by atoms with Crippen LogP contribution in [0.2, 0.25) is 0 Å². The van der Waals surface area contributed by atoms with E-state index in [2.05, 4.69) is 6.07 Å². The van der Waals surface area contributed by atoms with Crippen LogP contribution in [0.1, 0.15) is 69.6 Å². The fourth-order valence-corrected chi connectivity index (χ4v) is 2.94. The number of aryl methyl sites for hydroxylation is 1. The smallest absolute Gasteiger partial charge is 0.0802 e. The highest BCUT2D eigenvalue weighted by atomic mass is 16.3. The maximum Gasteiger partial charge on any atom is 0.0802 e. The molecule has 120 valence electrons. The van der Waals surface area contributed by atoms with Gasteiger partial charge in [-0.2, -0.15) is 0 Å². The fourth-order valence-electron chi connectivity index (χ4n) is 2.94. The minimum atomic E-state index is -0.473. The second-order valence-electron chi connectivity index (χ2n) is 5.77. The second kappa shape index (κ2) is 9.19. The monoisotopic (exact) mass is 293 g/mol. The van der Waals surface area contributed by atoms with E-state index in [4.69, 9.17) is 5.73 Å². The van der Waals surface area contributed by atoms with E-state index in [1.807, 2.05) is 32.0 Å². The highest BCUT2D eigenvalue weighted by Crippen LogP contribution is 2.33. The molecule has 1 saturated carbocycles. The summed E-state index contributed by atoms with van der Waals surface area (Å²) in [6, 6.07) is 8.02. The van der Waals surface area contributed by atoms with Gasteiger partial charge in [-0.1, -0.05) is 51.0 Å². The van der Waals surface area contributed by atoms with Gasteiger partial charge in [0.05, 0.1) is 11.7 Å². The van der Waals surface area contributed by atoms with Gasteiger partial charge in [-0.15, -0.1) is 0 Å². The van der Waals surface area contributed by atoms with Gasteiger partial charge in [-0.25, -0.2) is 0 Å². The Bertz CT molecular complexity index is 400. The molecule has 1 aliphatic rings. The van der Waals surface area contributed by atoms with Crippen molar-refractivity contribution in [1.82, 2.24) is 0 Å². The Kier molecular flexibility index (Phi) is 7.94. The number of benzene rings is 1. The van der Waals surface area contributed by atoms with Crippen LogP contribution in [0.4, 0.5) is 0 Å². The van der Waals surface area contributed by atoms with Crippen LogP contribution in [0, 0.1) is 0 Å². The lowest BCUT2D eigenvalue weighted by atomic mass is 9.92. The van der Waals surface area contributed by atoms with E-state index in [9.17, 15) is 10.2 Å². The molecule has 1 fully saturated rings. The van der Waals surface area contributed by atoms with Gasteiger partial charge >= 0.3 is 0 Å². The molecule has 3 nitrogen and oxygen atoms in total. The number of nitrogens with two attached hydrogens (primary N) is 1. The Balaban J connectivity index is 0.00000106. The lowest BCUT2D eigenvalue weighted by molar-refractivity contribution is 0.0391. The predicted octanol–water partition coefficient (Wildman–Crippen LogP) is 3.33. The van der Waals surface area contributed by atoms with Crippen LogP contribution in [0.25, 0.3) is 0 Å². The highest BCUT2D eigenvalue weighted by Gasteiger charge is 2.30. The molecular weight excluding hydrogens is 262 g/mol. The van der Waals surface area contributed by atoms with Crippen molar-refractivity contribution in [2.75, 3.05) is 6.54 Å². The van der Waals surface area contributed by atoms with Crippen molar-refractivity contribution in [3.63, 3.8) is 0 Å². The van der Waals surface area contributed by atoms with Gasteiger partial charge in [0.1, 0.15) is 0 Å². The molecule has 0 spiro atoms. The van der Waals surface area contributed by atoms with Crippen LogP contribution < -0.4 is 5.73 Å². The SMILES string of the molecule is CC.NCCC(O)c1cccc(CCC2(O)CCCC2)c1. The molecule has 0 aliphatic heterocycles. The minimum Gasteiger partial charge on any atom is -0.390 e. The summed E-state index contributed by atoms with van der Waals surface area (Å²) >= 11 is 0. The molecule has 0 radical (unpaired) electrons. The number of hydrogen-bond acceptors (Lipinski definition) is 3. The lowest BCUT2D eigenvalue weighted by Gasteiger charge is -2.22. The third kappa shape index (κ3) is 5.77. The molecule has 3 heteroatoms. The summed E-state index contributed by atoms with van der Waals surface area (Å²) in [4.78, 5) is 0. The van der Waals surface area contributed by atoms with Gasteiger partial charge in [0.15, 0.2) is 0 Å². The first-order valence-electron chi connectivity index (χ1n) is 8.32. The molecule has 4 N–H and O–H groups in total. The zero-order valence-corrected chi connectivity index (χ0v) is 13.5. The van der Waals surface area contributed by atoms with E-state index in [-0.39, 0.29) is 0 Å². The Morgan fingerprint density at radius 2 is 1.90 bits per heavy atom. The van der Waals surface area contributed by atoms with Crippen molar-refractivity contribution in [2.45, 2.75) is 70.5 Å². The van der Waals surface area contributed by atoms with Crippen LogP contribution in [0.15, 0.2) is 24.3 Å². The molecule has 0 bridgehead atoms. The second-order valence-corrected chi connectivity index (χ2v) is 5.77. The first-order valence-corrected chi connectivity index (χ1v) is 8.32. The predicted molar refractivity (Wildman–Crippen MR) is 88.2 cm³/mol. The Morgan fingerprint density at radius 3 is 2.52 bits per heavy atom. The van der Waals surface area contributed by atoms with Crippen LogP contribution in [-0.4, -0.2) is 22.4 Å². The van der Waals surface area contributed by atoms with Crippen molar-refractivity contribution in [2.24, 2.45) is 5.73 Å². The van der Waals surface area contributed by atoms with Crippen LogP contribution in [0.3, 0.4) is 0 Å². The zero-order chi connectivity index (χ0) is 15.7. The standard InChI is InChI=1S/C16H25NO2.C2H6/c17-11-7-15(18)14-5-3-4-13(12-14)6-10-16(19)8-1-2-9-16;1-2/h3-5,12,15,18-19H,1-2,6-11,17H2;1-2H3. The number of aliphatic hydroxyl groups is 2. The molecule has 1 atom stereocenters. The molecule has 21 heavy (non-hydrogen) atoms. The van der Waals surface area contributed by atoms with Gasteiger partial charge in [0.25, 0.3) is 0 Å². The number of hydrogen-bond donors (Lipinski definition) is 3. The van der Waals surface area contributed by atoms with Crippen LogP contribution >= 0.6 is 0 Å². The van der Waals surface area contributed by atoms with E-state index >= 15 is 0 Å². The number of rotatable bonds is 6. The molecular formula is C18H31NO2. The van der Waals surface area contributed by atoms with Crippen LogP contribution in [0.5, 0.6) is 0 Å². The van der Waals surface area contributed by atoms with Crippen molar-refractivity contribution in [3.8, 4) is 0 Å². The summed E-state index contributed by atoms with van der Waals surface area (Å²) in [5.74, 6) is 0. The van der Waals surface area contributed by atoms with E-state index in [0.29, 0.717) is 13.0 Å². The van der Waals surface area contributed by atoms with Crippen LogP contribution in [-0.2, 0) is 6.42 Å². The fraction of sp³-hybridized carbons (Fsp3) is 0.667. The first kappa shape index (κ1) is 18.1. The van der Waals surface area contributed by atoms with E-state index in [1.165, 1.54) is 5.56 Å². The van der Waals surface area contributed by atoms with Crippen molar-refractivity contribution in [1.29, 1.82) is 0 Å². The average Bonchev–Trinajstić information content (AvgIpc) is 2.95. The first-order chi connectivity index (χ1) is 10.1. The largest absolute Gasteiger partial charge is 0.390 e. The van der Waals surface area contributed by atoms with E-state index in [0.717, 1.165) is 44.1 Å². The quantitative estimate of drug-likeness (QED) is 0.753. The molecule has 1 aromatic rings. The maximum atomic E-state index is 10.3. The molecule has 1 aliphatic carbocycles. The topological polar surface area (TPSA) is 66.5 Å². The molecule has 1 aromatic carbocycles. The molecule has 0 amide bonds. The lowest BCUT2D eigenvalue weighted by Crippen LogP contribution is -2.24. The van der Waals surface area contributed by atoms with Crippen molar-refractivity contribution in [3.05, 3.63) is 35.4 Å². The summed E-state index contributed by atoms with van der Waals surface area (Å²) in [5.41, 5.74) is 7.14. The Hall–Kier alpha value is -0.900. The van der Waals surface area contributed by atoms with Gasteiger partial charge < -0.3 is 15.9 Å². The Labute approximate surface area is 129 Å². The zero-order valence-electron chi connectivity index (χ0n) is 13.5. The summed E-state index contributed by atoms with van der Waals surface area (Å²) in [5, 5.41) is 20.3. The summed E-state index contributed by atoms with van der Waals surface area (Å²) in [6.45, 7) is 4.49. The third-order valence-electron chi connectivity index (χ3n) is 4.19. The normalized spacial score (nSPS) is 18.0. The van der Waals surface area contributed by atoms with Crippen molar-refractivity contribution < 1.29 is 10.2 Å². The van der Waals surface area contributed by atoms with Crippen molar-refractivity contribution >= 4 is 0 Å². The van der Waals surface area contributed by atoms with Gasteiger partial charge in [0.2, 0.25) is 0 Å². The van der Waals surface area contributed by atoms with Gasteiger partial charge in [-0.3, -0.25) is 0 Å². The molecule has 2 rings (SSSR count). The van der Waals surface area contributed by atoms with Gasteiger partial charge in [-0.05, 0) is 49.8 Å².